The van der Waals surface area contributed by atoms with Crippen molar-refractivity contribution in [3.63, 3.8) is 0 Å². The number of nitrogens with one attached hydrogen (secondary N) is 1. The number of amides is 1. The highest BCUT2D eigenvalue weighted by atomic mass is 16.6. The van der Waals surface area contributed by atoms with E-state index in [9.17, 15) is 9.59 Å². The first kappa shape index (κ1) is 17.7. The number of hydrogen-bond donors (Lipinski definition) is 1. The fourth-order valence-corrected chi connectivity index (χ4v) is 2.24. The van der Waals surface area contributed by atoms with Gasteiger partial charge in [-0.05, 0) is 33.3 Å². The predicted octanol–water partition coefficient (Wildman–Crippen LogP) is 4.25. The summed E-state index contributed by atoms with van der Waals surface area (Å²) in [6.07, 6.45) is -0.500. The van der Waals surface area contributed by atoms with Crippen molar-refractivity contribution in [3.05, 3.63) is 70.8 Å². The molecule has 0 bridgehead atoms. The van der Waals surface area contributed by atoms with Crippen LogP contribution in [0.5, 0.6) is 0 Å². The van der Waals surface area contributed by atoms with Crippen LogP contribution >= 0.6 is 0 Å². The number of aryl methyl sites for hydroxylation is 1. The Hall–Kier alpha value is -2.62. The van der Waals surface area contributed by atoms with Crippen LogP contribution in [0.25, 0.3) is 0 Å². The van der Waals surface area contributed by atoms with Gasteiger partial charge in [0.15, 0.2) is 5.78 Å². The predicted molar refractivity (Wildman–Crippen MR) is 94.1 cm³/mol. The highest BCUT2D eigenvalue weighted by molar-refractivity contribution is 6.09. The summed E-state index contributed by atoms with van der Waals surface area (Å²) in [6.45, 7) is 7.64. The molecule has 126 valence electrons. The van der Waals surface area contributed by atoms with Gasteiger partial charge in [0.05, 0.1) is 0 Å². The summed E-state index contributed by atoms with van der Waals surface area (Å²) >= 11 is 0. The number of benzene rings is 2. The summed E-state index contributed by atoms with van der Waals surface area (Å²) in [5.41, 5.74) is 2.52. The van der Waals surface area contributed by atoms with Crippen LogP contribution < -0.4 is 5.32 Å². The molecule has 2 rings (SSSR count). The van der Waals surface area contributed by atoms with Crippen molar-refractivity contribution in [3.8, 4) is 0 Å². The maximum absolute atomic E-state index is 12.7. The Morgan fingerprint density at radius 3 is 2.25 bits per heavy atom. The van der Waals surface area contributed by atoms with Crippen molar-refractivity contribution in [1.29, 1.82) is 0 Å². The molecular weight excluding hydrogens is 302 g/mol. The summed E-state index contributed by atoms with van der Waals surface area (Å²) in [7, 11) is 0. The summed E-state index contributed by atoms with van der Waals surface area (Å²) in [5.74, 6) is -0.0587. The average Bonchev–Trinajstić information content (AvgIpc) is 2.52. The summed E-state index contributed by atoms with van der Waals surface area (Å²) in [5, 5.41) is 2.70. The van der Waals surface area contributed by atoms with E-state index < -0.39 is 11.7 Å². The fourth-order valence-electron chi connectivity index (χ4n) is 2.24. The van der Waals surface area contributed by atoms with Crippen LogP contribution in [-0.2, 0) is 11.3 Å². The Labute approximate surface area is 142 Å². The lowest BCUT2D eigenvalue weighted by Gasteiger charge is -2.20. The normalized spacial score (nSPS) is 11.0. The van der Waals surface area contributed by atoms with Crippen LogP contribution in [0.3, 0.4) is 0 Å². The lowest BCUT2D eigenvalue weighted by atomic mass is 9.98. The van der Waals surface area contributed by atoms with Gasteiger partial charge in [-0.2, -0.15) is 0 Å². The standard InChI is InChI=1S/C20H23NO3/c1-14-9-11-15(12-10-14)18(22)17-8-6-5-7-16(17)13-21-19(23)24-20(2,3)4/h5-12H,13H2,1-4H3,(H,21,23). The molecule has 2 aromatic rings. The van der Waals surface area contributed by atoms with Gasteiger partial charge in [-0.15, -0.1) is 0 Å². The smallest absolute Gasteiger partial charge is 0.407 e. The van der Waals surface area contributed by atoms with E-state index in [0.29, 0.717) is 11.1 Å². The molecule has 0 heterocycles. The third-order valence-corrected chi connectivity index (χ3v) is 3.40. The van der Waals surface area contributed by atoms with Gasteiger partial charge < -0.3 is 10.1 Å². The van der Waals surface area contributed by atoms with Crippen LogP contribution in [0.15, 0.2) is 48.5 Å². The molecule has 0 unspecified atom stereocenters. The van der Waals surface area contributed by atoms with Crippen molar-refractivity contribution in [1.82, 2.24) is 5.32 Å². The maximum atomic E-state index is 12.7. The molecule has 0 aliphatic heterocycles. The SMILES string of the molecule is Cc1ccc(C(=O)c2ccccc2CNC(=O)OC(C)(C)C)cc1. The molecule has 4 nitrogen and oxygen atoms in total. The highest BCUT2D eigenvalue weighted by Gasteiger charge is 2.17. The molecule has 1 amide bonds. The number of ether oxygens (including phenoxy) is 1. The lowest BCUT2D eigenvalue weighted by Crippen LogP contribution is -2.32. The minimum absolute atomic E-state index is 0.0587. The Morgan fingerprint density at radius 2 is 1.62 bits per heavy atom. The zero-order chi connectivity index (χ0) is 17.7. The van der Waals surface area contributed by atoms with Crippen LogP contribution in [-0.4, -0.2) is 17.5 Å². The number of carbonyl (C=O) groups is 2. The molecule has 1 N–H and O–H groups in total. The second kappa shape index (κ2) is 7.30. The van der Waals surface area contributed by atoms with Gasteiger partial charge in [0, 0.05) is 17.7 Å². The van der Waals surface area contributed by atoms with E-state index in [1.54, 1.807) is 26.8 Å². The number of hydrogen-bond acceptors (Lipinski definition) is 3. The summed E-state index contributed by atoms with van der Waals surface area (Å²) < 4.78 is 5.22. The maximum Gasteiger partial charge on any atom is 0.407 e. The molecule has 24 heavy (non-hydrogen) atoms. The zero-order valence-electron chi connectivity index (χ0n) is 14.6. The van der Waals surface area contributed by atoms with Gasteiger partial charge in [0.25, 0.3) is 0 Å². The number of ketones is 1. The molecule has 2 aromatic carbocycles. The van der Waals surface area contributed by atoms with E-state index in [1.165, 1.54) is 0 Å². The van der Waals surface area contributed by atoms with Gasteiger partial charge in [-0.3, -0.25) is 4.79 Å². The second-order valence-electron chi connectivity index (χ2n) is 6.71. The highest BCUT2D eigenvalue weighted by Crippen LogP contribution is 2.16. The first-order chi connectivity index (χ1) is 11.3. The minimum Gasteiger partial charge on any atom is -0.444 e. The lowest BCUT2D eigenvalue weighted by molar-refractivity contribution is 0.0523. The largest absolute Gasteiger partial charge is 0.444 e. The molecule has 0 aliphatic rings. The molecule has 0 atom stereocenters. The Bertz CT molecular complexity index is 727. The Balaban J connectivity index is 2.14. The van der Waals surface area contributed by atoms with Crippen molar-refractivity contribution in [2.45, 2.75) is 39.8 Å². The van der Waals surface area contributed by atoms with Crippen molar-refractivity contribution >= 4 is 11.9 Å². The third kappa shape index (κ3) is 4.95. The quantitative estimate of drug-likeness (QED) is 0.855. The van der Waals surface area contributed by atoms with E-state index in [4.69, 9.17) is 4.74 Å². The fraction of sp³-hybridized carbons (Fsp3) is 0.300. The van der Waals surface area contributed by atoms with E-state index in [0.717, 1.165) is 11.1 Å². The molecular formula is C20H23NO3. The molecule has 0 aromatic heterocycles. The van der Waals surface area contributed by atoms with Gasteiger partial charge in [-0.1, -0.05) is 54.1 Å². The summed E-state index contributed by atoms with van der Waals surface area (Å²) in [4.78, 5) is 24.5. The molecule has 0 fully saturated rings. The third-order valence-electron chi connectivity index (χ3n) is 3.40. The zero-order valence-corrected chi connectivity index (χ0v) is 14.6. The Morgan fingerprint density at radius 1 is 1.00 bits per heavy atom. The van der Waals surface area contributed by atoms with Crippen molar-refractivity contribution < 1.29 is 14.3 Å². The molecule has 0 spiro atoms. The van der Waals surface area contributed by atoms with Gasteiger partial charge in [0.2, 0.25) is 0 Å². The van der Waals surface area contributed by atoms with Crippen LogP contribution in [0.4, 0.5) is 4.79 Å². The van der Waals surface area contributed by atoms with Crippen LogP contribution in [0, 0.1) is 6.92 Å². The van der Waals surface area contributed by atoms with Gasteiger partial charge >= 0.3 is 6.09 Å². The van der Waals surface area contributed by atoms with Crippen LogP contribution in [0.2, 0.25) is 0 Å². The van der Waals surface area contributed by atoms with Crippen LogP contribution in [0.1, 0.15) is 47.8 Å². The first-order valence-electron chi connectivity index (χ1n) is 7.92. The Kier molecular flexibility index (Phi) is 5.39. The van der Waals surface area contributed by atoms with E-state index in [2.05, 4.69) is 5.32 Å². The number of carbonyl (C=O) groups excluding carboxylic acids is 2. The monoisotopic (exact) mass is 325 g/mol. The van der Waals surface area contributed by atoms with E-state index in [1.807, 2.05) is 49.4 Å². The molecule has 0 aliphatic carbocycles. The topological polar surface area (TPSA) is 55.4 Å². The van der Waals surface area contributed by atoms with E-state index >= 15 is 0 Å². The average molecular weight is 325 g/mol. The van der Waals surface area contributed by atoms with Gasteiger partial charge in [-0.25, -0.2) is 4.79 Å². The van der Waals surface area contributed by atoms with Crippen molar-refractivity contribution in [2.24, 2.45) is 0 Å². The van der Waals surface area contributed by atoms with E-state index in [-0.39, 0.29) is 12.3 Å². The molecule has 0 radical (unpaired) electrons. The molecule has 4 heteroatoms. The molecule has 0 saturated carbocycles. The number of alkyl carbamates (subject to hydrolysis) is 1. The number of rotatable bonds is 4. The molecule has 0 saturated heterocycles. The second-order valence-corrected chi connectivity index (χ2v) is 6.71. The first-order valence-corrected chi connectivity index (χ1v) is 7.92. The minimum atomic E-state index is -0.554. The van der Waals surface area contributed by atoms with Crippen molar-refractivity contribution in [2.75, 3.05) is 0 Å². The summed E-state index contributed by atoms with van der Waals surface area (Å²) in [6, 6.07) is 14.7. The van der Waals surface area contributed by atoms with Gasteiger partial charge in [0.1, 0.15) is 5.60 Å².